The largest absolute Gasteiger partial charge is 0.450 e. The number of fused-ring (bicyclic) bond motifs is 2. The molecule has 0 spiro atoms. The van der Waals surface area contributed by atoms with Crippen molar-refractivity contribution in [2.75, 3.05) is 6.61 Å². The van der Waals surface area contributed by atoms with E-state index in [2.05, 4.69) is 24.4 Å². The van der Waals surface area contributed by atoms with Crippen LogP contribution >= 0.6 is 0 Å². The van der Waals surface area contributed by atoms with E-state index in [1.165, 1.54) is 19.3 Å². The second-order valence-electron chi connectivity index (χ2n) is 5.19. The zero-order chi connectivity index (χ0) is 12.3. The molecule has 2 aliphatic rings. The number of nitrogens with one attached hydrogen (secondary N) is 1. The van der Waals surface area contributed by atoms with Crippen LogP contribution in [0.2, 0.25) is 0 Å². The third kappa shape index (κ3) is 2.64. The fraction of sp³-hybridized carbons (Fsp3) is 0.786. The quantitative estimate of drug-likeness (QED) is 0.763. The number of amides is 1. The summed E-state index contributed by atoms with van der Waals surface area (Å²) in [6.07, 6.45) is 9.09. The molecule has 3 nitrogen and oxygen atoms in total. The van der Waals surface area contributed by atoms with Gasteiger partial charge in [0, 0.05) is 6.04 Å². The van der Waals surface area contributed by atoms with E-state index >= 15 is 0 Å². The monoisotopic (exact) mass is 237 g/mol. The standard InChI is InChI=1S/C14H23NO2/c1-3-5-6-12-10-7-8-11(9-10)13(12)15-14(16)17-4-2/h3,5,10-13H,4,6-9H2,1-2H3,(H,15,16)/b5-3-/t10-,11+,12-,13-/m0/s1. The molecule has 2 saturated carbocycles. The Labute approximate surface area is 104 Å². The number of carbonyl (C=O) groups is 1. The normalized spacial score (nSPS) is 35.4. The molecule has 0 unspecified atom stereocenters. The summed E-state index contributed by atoms with van der Waals surface area (Å²) in [5.74, 6) is 2.11. The summed E-state index contributed by atoms with van der Waals surface area (Å²) in [4.78, 5) is 11.5. The zero-order valence-corrected chi connectivity index (χ0v) is 10.8. The highest BCUT2D eigenvalue weighted by atomic mass is 16.5. The molecule has 0 aromatic carbocycles. The summed E-state index contributed by atoms with van der Waals surface area (Å²) in [6, 6.07) is 0.337. The van der Waals surface area contributed by atoms with Crippen LogP contribution < -0.4 is 5.32 Å². The van der Waals surface area contributed by atoms with Crippen LogP contribution in [0.15, 0.2) is 12.2 Å². The van der Waals surface area contributed by atoms with Crippen molar-refractivity contribution in [3.63, 3.8) is 0 Å². The van der Waals surface area contributed by atoms with E-state index in [4.69, 9.17) is 4.74 Å². The maximum atomic E-state index is 11.5. The van der Waals surface area contributed by atoms with Crippen LogP contribution in [0.5, 0.6) is 0 Å². The number of hydrogen-bond donors (Lipinski definition) is 1. The van der Waals surface area contributed by atoms with Crippen LogP contribution in [-0.4, -0.2) is 18.7 Å². The third-order valence-electron chi connectivity index (χ3n) is 4.29. The molecule has 2 rings (SSSR count). The second-order valence-corrected chi connectivity index (χ2v) is 5.19. The first-order valence-corrected chi connectivity index (χ1v) is 6.80. The highest BCUT2D eigenvalue weighted by molar-refractivity contribution is 5.67. The lowest BCUT2D eigenvalue weighted by molar-refractivity contribution is 0.136. The summed E-state index contributed by atoms with van der Waals surface area (Å²) in [5.41, 5.74) is 0. The molecule has 0 aromatic heterocycles. The predicted molar refractivity (Wildman–Crippen MR) is 67.7 cm³/mol. The van der Waals surface area contributed by atoms with Crippen LogP contribution in [0.1, 0.15) is 39.5 Å². The molecule has 96 valence electrons. The summed E-state index contributed by atoms with van der Waals surface area (Å²) in [7, 11) is 0. The van der Waals surface area contributed by atoms with Gasteiger partial charge in [0.2, 0.25) is 0 Å². The van der Waals surface area contributed by atoms with Gasteiger partial charge in [0.1, 0.15) is 0 Å². The van der Waals surface area contributed by atoms with E-state index in [1.54, 1.807) is 0 Å². The molecule has 1 amide bonds. The number of rotatable bonds is 4. The Kier molecular flexibility index (Phi) is 4.08. The first kappa shape index (κ1) is 12.5. The number of allylic oxidation sites excluding steroid dienone is 2. The first-order valence-electron chi connectivity index (χ1n) is 6.80. The Hall–Kier alpha value is -0.990. The molecular weight excluding hydrogens is 214 g/mol. The van der Waals surface area contributed by atoms with E-state index in [9.17, 15) is 4.79 Å². The Morgan fingerprint density at radius 3 is 2.88 bits per heavy atom. The van der Waals surface area contributed by atoms with Crippen molar-refractivity contribution in [2.24, 2.45) is 17.8 Å². The number of ether oxygens (including phenoxy) is 1. The molecule has 17 heavy (non-hydrogen) atoms. The van der Waals surface area contributed by atoms with Crippen LogP contribution in [0.25, 0.3) is 0 Å². The molecule has 2 bridgehead atoms. The SMILES string of the molecule is C/C=C\C[C@H]1[C@H]2CC[C@H](C2)[C@@H]1NC(=O)OCC. The Morgan fingerprint density at radius 1 is 1.41 bits per heavy atom. The summed E-state index contributed by atoms with van der Waals surface area (Å²) in [5, 5.41) is 3.08. The molecule has 4 atom stereocenters. The first-order chi connectivity index (χ1) is 8.26. The number of hydrogen-bond acceptors (Lipinski definition) is 2. The Balaban J connectivity index is 1.95. The highest BCUT2D eigenvalue weighted by Gasteiger charge is 2.47. The summed E-state index contributed by atoms with van der Waals surface area (Å²) < 4.78 is 5.00. The van der Waals surface area contributed by atoms with Crippen LogP contribution in [-0.2, 0) is 4.74 Å². The lowest BCUT2D eigenvalue weighted by Crippen LogP contribution is -2.44. The number of carbonyl (C=O) groups excluding carboxylic acids is 1. The molecule has 2 aliphatic carbocycles. The van der Waals surface area contributed by atoms with E-state index in [-0.39, 0.29) is 6.09 Å². The van der Waals surface area contributed by atoms with Gasteiger partial charge in [0.25, 0.3) is 0 Å². The predicted octanol–water partition coefficient (Wildman–Crippen LogP) is 3.11. The minimum absolute atomic E-state index is 0.240. The lowest BCUT2D eigenvalue weighted by atomic mass is 9.82. The van der Waals surface area contributed by atoms with Gasteiger partial charge in [-0.25, -0.2) is 4.79 Å². The molecule has 1 N–H and O–H groups in total. The van der Waals surface area contributed by atoms with E-state index < -0.39 is 0 Å². The summed E-state index contributed by atoms with van der Waals surface area (Å²) >= 11 is 0. The Morgan fingerprint density at radius 2 is 2.18 bits per heavy atom. The molecular formula is C14H23NO2. The fourth-order valence-electron chi connectivity index (χ4n) is 3.58. The van der Waals surface area contributed by atoms with Gasteiger partial charge in [-0.05, 0) is 57.3 Å². The van der Waals surface area contributed by atoms with E-state index in [1.807, 2.05) is 6.92 Å². The lowest BCUT2D eigenvalue weighted by Gasteiger charge is -2.30. The minimum Gasteiger partial charge on any atom is -0.450 e. The highest BCUT2D eigenvalue weighted by Crippen LogP contribution is 2.49. The van der Waals surface area contributed by atoms with Gasteiger partial charge in [0.05, 0.1) is 6.61 Å². The van der Waals surface area contributed by atoms with Crippen molar-refractivity contribution in [1.82, 2.24) is 5.32 Å². The van der Waals surface area contributed by atoms with Crippen molar-refractivity contribution in [1.29, 1.82) is 0 Å². The maximum absolute atomic E-state index is 11.5. The zero-order valence-electron chi connectivity index (χ0n) is 10.8. The minimum atomic E-state index is -0.240. The molecule has 3 heteroatoms. The third-order valence-corrected chi connectivity index (χ3v) is 4.29. The second kappa shape index (κ2) is 5.56. The van der Waals surface area contributed by atoms with Gasteiger partial charge in [-0.15, -0.1) is 0 Å². The van der Waals surface area contributed by atoms with Crippen molar-refractivity contribution < 1.29 is 9.53 Å². The van der Waals surface area contributed by atoms with Crippen LogP contribution in [0, 0.1) is 17.8 Å². The Bertz CT molecular complexity index is 301. The average Bonchev–Trinajstić information content (AvgIpc) is 2.88. The molecule has 0 heterocycles. The molecule has 2 fully saturated rings. The fourth-order valence-corrected chi connectivity index (χ4v) is 3.58. The summed E-state index contributed by atoms with van der Waals surface area (Å²) in [6.45, 7) is 4.35. The maximum Gasteiger partial charge on any atom is 0.407 e. The molecule has 0 radical (unpaired) electrons. The van der Waals surface area contributed by atoms with Crippen molar-refractivity contribution in [3.05, 3.63) is 12.2 Å². The van der Waals surface area contributed by atoms with Crippen LogP contribution in [0.3, 0.4) is 0 Å². The van der Waals surface area contributed by atoms with Crippen LogP contribution in [0.4, 0.5) is 4.79 Å². The van der Waals surface area contributed by atoms with Gasteiger partial charge in [-0.1, -0.05) is 12.2 Å². The topological polar surface area (TPSA) is 38.3 Å². The van der Waals surface area contributed by atoms with Crippen molar-refractivity contribution in [3.8, 4) is 0 Å². The van der Waals surface area contributed by atoms with E-state index in [0.717, 1.165) is 12.3 Å². The number of alkyl carbamates (subject to hydrolysis) is 1. The van der Waals surface area contributed by atoms with Gasteiger partial charge in [0.15, 0.2) is 0 Å². The van der Waals surface area contributed by atoms with Gasteiger partial charge in [-0.2, -0.15) is 0 Å². The smallest absolute Gasteiger partial charge is 0.407 e. The van der Waals surface area contributed by atoms with Crippen molar-refractivity contribution >= 4 is 6.09 Å². The average molecular weight is 237 g/mol. The molecule has 0 aliphatic heterocycles. The van der Waals surface area contributed by atoms with Gasteiger partial charge >= 0.3 is 6.09 Å². The molecule has 0 aromatic rings. The van der Waals surface area contributed by atoms with E-state index in [0.29, 0.717) is 24.5 Å². The van der Waals surface area contributed by atoms with Gasteiger partial charge in [-0.3, -0.25) is 0 Å². The van der Waals surface area contributed by atoms with Crippen molar-refractivity contribution in [2.45, 2.75) is 45.6 Å². The van der Waals surface area contributed by atoms with Gasteiger partial charge < -0.3 is 10.1 Å². The molecule has 0 saturated heterocycles.